The number of fused-ring (bicyclic) bond motifs is 3. The van der Waals surface area contributed by atoms with Crippen molar-refractivity contribution in [3.63, 3.8) is 0 Å². The fourth-order valence-corrected chi connectivity index (χ4v) is 4.95. The van der Waals surface area contributed by atoms with Gasteiger partial charge < -0.3 is 10.0 Å². The quantitative estimate of drug-likeness (QED) is 0.736. The standard InChI is InChI=1S/C17H16ClN3O2S/c1-9-6-11(12-2-4-19-20-12)15-10-3-5-21(14(23)8-22)7-13(10)24-17(15)16(9)18/h2,4,6,22H,3,5,7-8H2,1H3,(H,19,20). The number of H-pyrrole nitrogens is 1. The average Bonchev–Trinajstić information content (AvgIpc) is 3.24. The number of carbonyl (C=O) groups is 1. The molecule has 0 saturated heterocycles. The lowest BCUT2D eigenvalue weighted by Crippen LogP contribution is -2.37. The zero-order valence-corrected chi connectivity index (χ0v) is 14.7. The van der Waals surface area contributed by atoms with E-state index < -0.39 is 6.61 Å². The maximum absolute atomic E-state index is 11.8. The average molecular weight is 362 g/mol. The lowest BCUT2D eigenvalue weighted by Gasteiger charge is -2.26. The van der Waals surface area contributed by atoms with Crippen LogP contribution in [0.1, 0.15) is 16.0 Å². The highest BCUT2D eigenvalue weighted by atomic mass is 35.5. The molecule has 0 unspecified atom stereocenters. The number of benzene rings is 1. The second kappa shape index (κ2) is 5.88. The van der Waals surface area contributed by atoms with Crippen LogP contribution in [-0.2, 0) is 17.8 Å². The van der Waals surface area contributed by atoms with Crippen LogP contribution < -0.4 is 0 Å². The van der Waals surface area contributed by atoms with E-state index in [0.717, 1.165) is 43.2 Å². The molecule has 1 aliphatic rings. The highest BCUT2D eigenvalue weighted by molar-refractivity contribution is 7.20. The van der Waals surface area contributed by atoms with Crippen molar-refractivity contribution in [1.29, 1.82) is 0 Å². The van der Waals surface area contributed by atoms with Crippen molar-refractivity contribution in [1.82, 2.24) is 15.1 Å². The van der Waals surface area contributed by atoms with Gasteiger partial charge in [0.05, 0.1) is 22.0 Å². The number of aliphatic hydroxyl groups excluding tert-OH is 1. The number of hydrogen-bond donors (Lipinski definition) is 2. The first kappa shape index (κ1) is 15.6. The van der Waals surface area contributed by atoms with E-state index in [1.807, 2.05) is 13.0 Å². The molecule has 0 bridgehead atoms. The first-order valence-electron chi connectivity index (χ1n) is 7.72. The Morgan fingerprint density at radius 1 is 1.54 bits per heavy atom. The molecule has 2 N–H and O–H groups in total. The molecule has 1 amide bonds. The number of aliphatic hydroxyl groups is 1. The predicted molar refractivity (Wildman–Crippen MR) is 95.4 cm³/mol. The van der Waals surface area contributed by atoms with Crippen molar-refractivity contribution in [2.75, 3.05) is 13.2 Å². The normalized spacial score (nSPS) is 14.2. The number of rotatable bonds is 2. The Kier molecular flexibility index (Phi) is 3.83. The molecule has 0 atom stereocenters. The van der Waals surface area contributed by atoms with Crippen LogP contribution in [0.4, 0.5) is 0 Å². The molecular weight excluding hydrogens is 346 g/mol. The molecule has 3 aromatic rings. The zero-order valence-electron chi connectivity index (χ0n) is 13.1. The molecule has 0 saturated carbocycles. The van der Waals surface area contributed by atoms with E-state index in [4.69, 9.17) is 16.7 Å². The van der Waals surface area contributed by atoms with E-state index in [1.54, 1.807) is 22.4 Å². The lowest BCUT2D eigenvalue weighted by molar-refractivity contribution is -0.135. The first-order valence-corrected chi connectivity index (χ1v) is 8.91. The molecule has 24 heavy (non-hydrogen) atoms. The molecule has 4 rings (SSSR count). The molecule has 0 fully saturated rings. The molecule has 124 valence electrons. The topological polar surface area (TPSA) is 69.2 Å². The van der Waals surface area contributed by atoms with Crippen molar-refractivity contribution in [3.05, 3.63) is 39.4 Å². The van der Waals surface area contributed by atoms with Gasteiger partial charge in [0.2, 0.25) is 5.91 Å². The summed E-state index contributed by atoms with van der Waals surface area (Å²) in [5.41, 5.74) is 4.34. The van der Waals surface area contributed by atoms with Crippen LogP contribution in [0.25, 0.3) is 21.3 Å². The van der Waals surface area contributed by atoms with E-state index >= 15 is 0 Å². The molecule has 1 aromatic carbocycles. The summed E-state index contributed by atoms with van der Waals surface area (Å²) >= 11 is 8.21. The van der Waals surface area contributed by atoms with Crippen LogP contribution in [-0.4, -0.2) is 39.3 Å². The Morgan fingerprint density at radius 3 is 3.08 bits per heavy atom. The summed E-state index contributed by atoms with van der Waals surface area (Å²) in [7, 11) is 0. The third-order valence-corrected chi connectivity index (χ3v) is 6.34. The molecule has 3 heterocycles. The summed E-state index contributed by atoms with van der Waals surface area (Å²) in [6, 6.07) is 4.05. The van der Waals surface area contributed by atoms with Crippen LogP contribution in [0, 0.1) is 6.92 Å². The van der Waals surface area contributed by atoms with Gasteiger partial charge in [-0.25, -0.2) is 0 Å². The first-order chi connectivity index (χ1) is 11.6. The maximum Gasteiger partial charge on any atom is 0.248 e. The third kappa shape index (κ3) is 2.33. The fraction of sp³-hybridized carbons (Fsp3) is 0.294. The Bertz CT molecular complexity index is 933. The zero-order chi connectivity index (χ0) is 16.8. The van der Waals surface area contributed by atoms with Crippen LogP contribution in [0.2, 0.25) is 5.02 Å². The Morgan fingerprint density at radius 2 is 2.38 bits per heavy atom. The van der Waals surface area contributed by atoms with E-state index in [9.17, 15) is 4.79 Å². The number of aryl methyl sites for hydroxylation is 1. The highest BCUT2D eigenvalue weighted by Gasteiger charge is 2.26. The summed E-state index contributed by atoms with van der Waals surface area (Å²) in [4.78, 5) is 14.7. The summed E-state index contributed by atoms with van der Waals surface area (Å²) in [5.74, 6) is -0.228. The van der Waals surface area contributed by atoms with Gasteiger partial charge in [-0.1, -0.05) is 11.6 Å². The van der Waals surface area contributed by atoms with Crippen molar-refractivity contribution in [2.24, 2.45) is 0 Å². The molecule has 0 spiro atoms. The molecule has 2 aromatic heterocycles. The lowest BCUT2D eigenvalue weighted by atomic mass is 9.96. The van der Waals surface area contributed by atoms with Crippen molar-refractivity contribution in [3.8, 4) is 11.3 Å². The van der Waals surface area contributed by atoms with E-state index in [2.05, 4.69) is 16.3 Å². The highest BCUT2D eigenvalue weighted by Crippen LogP contribution is 2.44. The molecular formula is C17H16ClN3O2S. The molecule has 1 aliphatic heterocycles. The number of aromatic nitrogens is 2. The minimum atomic E-state index is -0.445. The number of amides is 1. The van der Waals surface area contributed by atoms with Gasteiger partial charge in [-0.05, 0) is 36.6 Å². The summed E-state index contributed by atoms with van der Waals surface area (Å²) in [5, 5.41) is 18.1. The number of thiophene rings is 1. The molecule has 0 aliphatic carbocycles. The largest absolute Gasteiger partial charge is 0.387 e. The van der Waals surface area contributed by atoms with Crippen LogP contribution in [0.3, 0.4) is 0 Å². The van der Waals surface area contributed by atoms with Crippen LogP contribution >= 0.6 is 22.9 Å². The second-order valence-electron chi connectivity index (χ2n) is 5.96. The van der Waals surface area contributed by atoms with Gasteiger partial charge in [0.25, 0.3) is 0 Å². The third-order valence-electron chi connectivity index (χ3n) is 4.51. The van der Waals surface area contributed by atoms with Crippen molar-refractivity contribution in [2.45, 2.75) is 19.9 Å². The second-order valence-corrected chi connectivity index (χ2v) is 7.44. The van der Waals surface area contributed by atoms with Gasteiger partial charge in [0.15, 0.2) is 0 Å². The number of halogens is 1. The fourth-order valence-electron chi connectivity index (χ4n) is 3.31. The SMILES string of the molecule is Cc1cc(-c2ccn[nH]2)c2c3c(sc2c1Cl)CN(C(=O)CO)CC3. The maximum atomic E-state index is 11.8. The van der Waals surface area contributed by atoms with Gasteiger partial charge in [0.1, 0.15) is 6.61 Å². The van der Waals surface area contributed by atoms with Crippen molar-refractivity contribution >= 4 is 38.9 Å². The minimum absolute atomic E-state index is 0.228. The Balaban J connectivity index is 1.93. The van der Waals surface area contributed by atoms with E-state index in [0.29, 0.717) is 13.1 Å². The van der Waals surface area contributed by atoms with Gasteiger partial charge in [-0.15, -0.1) is 11.3 Å². The minimum Gasteiger partial charge on any atom is -0.387 e. The molecule has 0 radical (unpaired) electrons. The number of hydrogen-bond acceptors (Lipinski definition) is 4. The summed E-state index contributed by atoms with van der Waals surface area (Å²) in [6.45, 7) is 2.71. The van der Waals surface area contributed by atoms with Gasteiger partial charge in [0, 0.05) is 28.6 Å². The van der Waals surface area contributed by atoms with Crippen LogP contribution in [0.15, 0.2) is 18.3 Å². The van der Waals surface area contributed by atoms with E-state index in [-0.39, 0.29) is 5.91 Å². The smallest absolute Gasteiger partial charge is 0.248 e. The monoisotopic (exact) mass is 361 g/mol. The number of carbonyl (C=O) groups excluding carboxylic acids is 1. The summed E-state index contributed by atoms with van der Waals surface area (Å²) < 4.78 is 1.06. The predicted octanol–water partition coefficient (Wildman–Crippen LogP) is 3.13. The summed E-state index contributed by atoms with van der Waals surface area (Å²) in [6.07, 6.45) is 2.51. The van der Waals surface area contributed by atoms with Gasteiger partial charge >= 0.3 is 0 Å². The number of aromatic amines is 1. The van der Waals surface area contributed by atoms with Crippen LogP contribution in [0.5, 0.6) is 0 Å². The molecule has 7 heteroatoms. The van der Waals surface area contributed by atoms with Gasteiger partial charge in [-0.3, -0.25) is 9.89 Å². The van der Waals surface area contributed by atoms with Gasteiger partial charge in [-0.2, -0.15) is 5.10 Å². The number of nitrogens with zero attached hydrogens (tertiary/aromatic N) is 2. The Labute approximate surface area is 147 Å². The Hall–Kier alpha value is -1.89. The number of nitrogens with one attached hydrogen (secondary N) is 1. The van der Waals surface area contributed by atoms with Crippen molar-refractivity contribution < 1.29 is 9.90 Å². The van der Waals surface area contributed by atoms with E-state index in [1.165, 1.54) is 5.56 Å². The molecule has 5 nitrogen and oxygen atoms in total.